The van der Waals surface area contributed by atoms with Crippen LogP contribution in [0.2, 0.25) is 0 Å². The molecule has 0 spiro atoms. The van der Waals surface area contributed by atoms with Crippen LogP contribution in [0.25, 0.3) is 22.0 Å². The van der Waals surface area contributed by atoms with E-state index in [1.54, 1.807) is 0 Å². The van der Waals surface area contributed by atoms with Crippen molar-refractivity contribution in [2.75, 3.05) is 33.0 Å². The molecule has 7 rings (SSSR count). The van der Waals surface area contributed by atoms with Gasteiger partial charge in [0.1, 0.15) is 0 Å². The molecule has 3 aliphatic heterocycles. The number of pyridine rings is 1. The van der Waals surface area contributed by atoms with Gasteiger partial charge < -0.3 is 19.3 Å². The molecule has 6 nitrogen and oxygen atoms in total. The second kappa shape index (κ2) is 10.3. The number of carbonyl (C=O) groups is 1. The summed E-state index contributed by atoms with van der Waals surface area (Å²) < 4.78 is 11.1. The number of aromatic nitrogens is 1. The predicted molar refractivity (Wildman–Crippen MR) is 152 cm³/mol. The minimum atomic E-state index is 0.126. The summed E-state index contributed by atoms with van der Waals surface area (Å²) in [5, 5.41) is 0.902. The third-order valence-corrected chi connectivity index (χ3v) is 8.33. The second-order valence-corrected chi connectivity index (χ2v) is 10.9. The number of ether oxygens (including phenoxy) is 2. The number of rotatable bonds is 6. The highest BCUT2D eigenvalue weighted by Gasteiger charge is 2.32. The molecule has 39 heavy (non-hydrogen) atoms. The monoisotopic (exact) mass is 519 g/mol. The Kier molecular flexibility index (Phi) is 6.41. The van der Waals surface area contributed by atoms with E-state index in [4.69, 9.17) is 14.5 Å². The zero-order valence-electron chi connectivity index (χ0n) is 22.1. The molecule has 3 aromatic carbocycles. The zero-order valence-corrected chi connectivity index (χ0v) is 22.1. The molecule has 1 amide bonds. The SMILES string of the molecule is O=C(c1cc(Cc2ccccc2)nc2ccc(-c3ccc4c(c3)OCO4)cc12)N1CCC[C@H]1CN1CCCC1. The van der Waals surface area contributed by atoms with Crippen LogP contribution in [0.5, 0.6) is 11.5 Å². The van der Waals surface area contributed by atoms with Crippen molar-refractivity contribution in [1.82, 2.24) is 14.8 Å². The van der Waals surface area contributed by atoms with Crippen molar-refractivity contribution in [1.29, 1.82) is 0 Å². The number of nitrogens with zero attached hydrogens (tertiary/aromatic N) is 3. The number of benzene rings is 3. The van der Waals surface area contributed by atoms with Crippen LogP contribution in [0, 0.1) is 0 Å². The van der Waals surface area contributed by atoms with Gasteiger partial charge in [0.25, 0.3) is 5.91 Å². The molecular formula is C33H33N3O3. The van der Waals surface area contributed by atoms with Crippen LogP contribution in [-0.4, -0.2) is 59.7 Å². The maximum Gasteiger partial charge on any atom is 0.254 e. The number of likely N-dealkylation sites (tertiary alicyclic amines) is 2. The Morgan fingerprint density at radius 2 is 1.64 bits per heavy atom. The van der Waals surface area contributed by atoms with E-state index in [2.05, 4.69) is 34.1 Å². The maximum absolute atomic E-state index is 14.3. The highest BCUT2D eigenvalue weighted by molar-refractivity contribution is 6.07. The quantitative estimate of drug-likeness (QED) is 0.316. The highest BCUT2D eigenvalue weighted by Crippen LogP contribution is 2.37. The molecule has 0 saturated carbocycles. The van der Waals surface area contributed by atoms with Gasteiger partial charge in [0.2, 0.25) is 6.79 Å². The summed E-state index contributed by atoms with van der Waals surface area (Å²) in [4.78, 5) is 24.0. The Bertz CT molecular complexity index is 1510. The van der Waals surface area contributed by atoms with Gasteiger partial charge in [-0.3, -0.25) is 9.78 Å². The third-order valence-electron chi connectivity index (χ3n) is 8.33. The van der Waals surface area contributed by atoms with E-state index >= 15 is 0 Å². The molecule has 2 saturated heterocycles. The molecule has 0 radical (unpaired) electrons. The Morgan fingerprint density at radius 1 is 0.846 bits per heavy atom. The molecule has 0 bridgehead atoms. The van der Waals surface area contributed by atoms with Gasteiger partial charge in [0, 0.05) is 36.6 Å². The molecule has 0 N–H and O–H groups in total. The molecule has 1 atom stereocenters. The summed E-state index contributed by atoms with van der Waals surface area (Å²) >= 11 is 0. The van der Waals surface area contributed by atoms with E-state index in [9.17, 15) is 4.79 Å². The van der Waals surface area contributed by atoms with Gasteiger partial charge in [0.05, 0.1) is 11.1 Å². The second-order valence-electron chi connectivity index (χ2n) is 10.9. The minimum Gasteiger partial charge on any atom is -0.454 e. The van der Waals surface area contributed by atoms with Crippen molar-refractivity contribution >= 4 is 16.8 Å². The first-order valence-electron chi connectivity index (χ1n) is 14.1. The van der Waals surface area contributed by atoms with Gasteiger partial charge in [-0.15, -0.1) is 0 Å². The largest absolute Gasteiger partial charge is 0.454 e. The molecule has 0 unspecified atom stereocenters. The molecule has 1 aromatic heterocycles. The topological polar surface area (TPSA) is 54.9 Å². The van der Waals surface area contributed by atoms with Crippen LogP contribution in [-0.2, 0) is 6.42 Å². The van der Waals surface area contributed by atoms with E-state index in [1.807, 2.05) is 48.5 Å². The van der Waals surface area contributed by atoms with E-state index in [1.165, 1.54) is 18.4 Å². The number of fused-ring (bicyclic) bond motifs is 2. The third kappa shape index (κ3) is 4.85. The summed E-state index contributed by atoms with van der Waals surface area (Å²) in [6.07, 6.45) is 5.36. The van der Waals surface area contributed by atoms with Crippen molar-refractivity contribution in [3.63, 3.8) is 0 Å². The summed E-state index contributed by atoms with van der Waals surface area (Å²) in [7, 11) is 0. The number of hydrogen-bond donors (Lipinski definition) is 0. The number of hydrogen-bond acceptors (Lipinski definition) is 5. The van der Waals surface area contributed by atoms with E-state index in [0.717, 1.165) is 83.8 Å². The summed E-state index contributed by atoms with van der Waals surface area (Å²) in [6.45, 7) is 4.34. The summed E-state index contributed by atoms with van der Waals surface area (Å²) in [5.74, 6) is 1.64. The molecule has 4 aromatic rings. The fourth-order valence-electron chi connectivity index (χ4n) is 6.32. The smallest absolute Gasteiger partial charge is 0.254 e. The van der Waals surface area contributed by atoms with Crippen molar-refractivity contribution in [3.8, 4) is 22.6 Å². The van der Waals surface area contributed by atoms with Crippen LogP contribution < -0.4 is 9.47 Å². The van der Waals surface area contributed by atoms with Crippen molar-refractivity contribution in [3.05, 3.63) is 89.6 Å². The van der Waals surface area contributed by atoms with Crippen LogP contribution in [0.3, 0.4) is 0 Å². The van der Waals surface area contributed by atoms with E-state index < -0.39 is 0 Å². The standard InChI is InChI=1S/C33H33N3O3/c37-33(36-16-6-9-27(36)21-35-14-4-5-15-35)29-20-26(17-23-7-2-1-3-8-23)34-30-12-10-24(18-28(29)30)25-11-13-31-32(19-25)39-22-38-31/h1-3,7-8,10-13,18-20,27H,4-6,9,14-17,21-22H2/t27-/m0/s1. The number of amides is 1. The first-order chi connectivity index (χ1) is 19.2. The number of carbonyl (C=O) groups excluding carboxylic acids is 1. The van der Waals surface area contributed by atoms with Crippen LogP contribution in [0.4, 0.5) is 0 Å². The van der Waals surface area contributed by atoms with Gasteiger partial charge in [-0.05, 0) is 85.8 Å². The predicted octanol–water partition coefficient (Wildman–Crippen LogP) is 5.92. The molecule has 4 heterocycles. The highest BCUT2D eigenvalue weighted by atomic mass is 16.7. The molecule has 198 valence electrons. The van der Waals surface area contributed by atoms with Crippen LogP contribution in [0.15, 0.2) is 72.8 Å². The first kappa shape index (κ1) is 24.2. The summed E-state index contributed by atoms with van der Waals surface area (Å²) in [5.41, 5.74) is 5.77. The fourth-order valence-corrected chi connectivity index (χ4v) is 6.32. The Morgan fingerprint density at radius 3 is 2.51 bits per heavy atom. The van der Waals surface area contributed by atoms with Gasteiger partial charge >= 0.3 is 0 Å². The molecule has 0 aliphatic carbocycles. The Hall–Kier alpha value is -3.90. The molecule has 6 heteroatoms. The van der Waals surface area contributed by atoms with Gasteiger partial charge in [-0.25, -0.2) is 0 Å². The van der Waals surface area contributed by atoms with Crippen LogP contribution >= 0.6 is 0 Å². The Labute approximate surface area is 229 Å². The summed E-state index contributed by atoms with van der Waals surface area (Å²) in [6, 6.07) is 24.9. The fraction of sp³-hybridized carbons (Fsp3) is 0.333. The van der Waals surface area contributed by atoms with Gasteiger partial charge in [-0.2, -0.15) is 0 Å². The normalized spacial score (nSPS) is 18.8. The maximum atomic E-state index is 14.3. The Balaban J connectivity index is 1.28. The van der Waals surface area contributed by atoms with Crippen molar-refractivity contribution in [2.45, 2.75) is 38.1 Å². The molecular weight excluding hydrogens is 486 g/mol. The lowest BCUT2D eigenvalue weighted by atomic mass is 9.98. The lowest BCUT2D eigenvalue weighted by Gasteiger charge is -2.29. The van der Waals surface area contributed by atoms with E-state index in [-0.39, 0.29) is 18.7 Å². The van der Waals surface area contributed by atoms with Crippen molar-refractivity contribution in [2.24, 2.45) is 0 Å². The van der Waals surface area contributed by atoms with Gasteiger partial charge in [0.15, 0.2) is 11.5 Å². The lowest BCUT2D eigenvalue weighted by molar-refractivity contribution is 0.0710. The minimum absolute atomic E-state index is 0.126. The average Bonchev–Trinajstić information content (AvgIpc) is 3.75. The van der Waals surface area contributed by atoms with Crippen molar-refractivity contribution < 1.29 is 14.3 Å². The van der Waals surface area contributed by atoms with Gasteiger partial charge in [-0.1, -0.05) is 42.5 Å². The first-order valence-corrected chi connectivity index (χ1v) is 14.1. The van der Waals surface area contributed by atoms with Crippen LogP contribution in [0.1, 0.15) is 47.3 Å². The zero-order chi connectivity index (χ0) is 26.2. The average molecular weight is 520 g/mol. The van der Waals surface area contributed by atoms with E-state index in [0.29, 0.717) is 6.42 Å². The molecule has 2 fully saturated rings. The molecule has 3 aliphatic rings. The lowest BCUT2D eigenvalue weighted by Crippen LogP contribution is -2.42.